The zero-order valence-corrected chi connectivity index (χ0v) is 10.5. The second kappa shape index (κ2) is 5.81. The van der Waals surface area contributed by atoms with E-state index in [4.69, 9.17) is 5.73 Å². The summed E-state index contributed by atoms with van der Waals surface area (Å²) < 4.78 is 41.2. The molecule has 0 spiro atoms. The number of methoxy groups -OCH3 is 1. The minimum Gasteiger partial charge on any atom is -0.465 e. The molecular formula is C12H15F3N2O2. The van der Waals surface area contributed by atoms with Crippen LogP contribution in [0.4, 0.5) is 24.5 Å². The molecule has 1 aromatic rings. The smallest absolute Gasteiger partial charge is 0.391 e. The largest absolute Gasteiger partial charge is 0.465 e. The van der Waals surface area contributed by atoms with Gasteiger partial charge in [-0.1, -0.05) is 6.07 Å². The van der Waals surface area contributed by atoms with Crippen LogP contribution in [0.15, 0.2) is 18.2 Å². The quantitative estimate of drug-likeness (QED) is 0.655. The Hall–Kier alpha value is -1.92. The molecule has 1 unspecified atom stereocenters. The van der Waals surface area contributed by atoms with Gasteiger partial charge in [0.2, 0.25) is 0 Å². The maximum Gasteiger partial charge on any atom is 0.391 e. The highest BCUT2D eigenvalue weighted by Crippen LogP contribution is 2.27. The number of nitrogens with two attached hydrogens (primary N) is 1. The molecule has 0 fully saturated rings. The number of anilines is 2. The van der Waals surface area contributed by atoms with Crippen molar-refractivity contribution >= 4 is 17.3 Å². The SMILES string of the molecule is COC(=O)c1cccc(NC(C)CC(F)(F)F)c1N. The highest BCUT2D eigenvalue weighted by molar-refractivity contribution is 5.98. The molecule has 0 aromatic heterocycles. The highest BCUT2D eigenvalue weighted by atomic mass is 19.4. The van der Waals surface area contributed by atoms with Gasteiger partial charge in [0.25, 0.3) is 0 Å². The number of hydrogen-bond donors (Lipinski definition) is 2. The number of halogens is 3. The summed E-state index contributed by atoms with van der Waals surface area (Å²) in [4.78, 5) is 11.4. The lowest BCUT2D eigenvalue weighted by atomic mass is 10.1. The summed E-state index contributed by atoms with van der Waals surface area (Å²) in [6.07, 6.45) is -5.25. The van der Waals surface area contributed by atoms with E-state index in [1.54, 1.807) is 0 Å². The van der Waals surface area contributed by atoms with Crippen LogP contribution in [0.5, 0.6) is 0 Å². The minimum absolute atomic E-state index is 0.0726. The molecule has 3 N–H and O–H groups in total. The van der Waals surface area contributed by atoms with E-state index in [2.05, 4.69) is 10.1 Å². The van der Waals surface area contributed by atoms with Crippen molar-refractivity contribution in [2.45, 2.75) is 25.6 Å². The molecule has 1 aromatic carbocycles. The van der Waals surface area contributed by atoms with Crippen LogP contribution >= 0.6 is 0 Å². The molecule has 0 saturated carbocycles. The van der Waals surface area contributed by atoms with E-state index in [-0.39, 0.29) is 16.9 Å². The third-order valence-corrected chi connectivity index (χ3v) is 2.45. The zero-order chi connectivity index (χ0) is 14.6. The Balaban J connectivity index is 2.88. The van der Waals surface area contributed by atoms with Crippen molar-refractivity contribution in [1.29, 1.82) is 0 Å². The fourth-order valence-electron chi connectivity index (χ4n) is 1.64. The van der Waals surface area contributed by atoms with E-state index in [1.807, 2.05) is 0 Å². The molecule has 0 aliphatic rings. The standard InChI is InChI=1S/C12H15F3N2O2/c1-7(6-12(13,14)15)17-9-5-3-4-8(10(9)16)11(18)19-2/h3-5,7,17H,6,16H2,1-2H3. The second-order valence-electron chi connectivity index (χ2n) is 4.12. The number of rotatable bonds is 4. The molecule has 106 valence electrons. The van der Waals surface area contributed by atoms with Gasteiger partial charge in [0, 0.05) is 6.04 Å². The number of para-hydroxylation sites is 1. The van der Waals surface area contributed by atoms with Gasteiger partial charge in [-0.2, -0.15) is 13.2 Å². The Morgan fingerprint density at radius 2 is 2.11 bits per heavy atom. The lowest BCUT2D eigenvalue weighted by Crippen LogP contribution is -2.24. The van der Waals surface area contributed by atoms with Crippen LogP contribution in [0.3, 0.4) is 0 Å². The fourth-order valence-corrected chi connectivity index (χ4v) is 1.64. The molecule has 0 saturated heterocycles. The van der Waals surface area contributed by atoms with Crippen molar-refractivity contribution in [2.75, 3.05) is 18.2 Å². The molecule has 1 atom stereocenters. The molecule has 4 nitrogen and oxygen atoms in total. The molecule has 0 aliphatic heterocycles. The summed E-state index contributed by atoms with van der Waals surface area (Å²) in [6, 6.07) is 3.62. The summed E-state index contributed by atoms with van der Waals surface area (Å²) in [5.74, 6) is -0.635. The Kier molecular flexibility index (Phi) is 4.63. The molecule has 0 bridgehead atoms. The average Bonchev–Trinajstić information content (AvgIpc) is 2.28. The number of esters is 1. The lowest BCUT2D eigenvalue weighted by Gasteiger charge is -2.19. The van der Waals surface area contributed by atoms with Crippen LogP contribution in [-0.2, 0) is 4.74 Å². The third-order valence-electron chi connectivity index (χ3n) is 2.45. The Labute approximate surface area is 108 Å². The van der Waals surface area contributed by atoms with Crippen molar-refractivity contribution in [2.24, 2.45) is 0 Å². The zero-order valence-electron chi connectivity index (χ0n) is 10.5. The van der Waals surface area contributed by atoms with Gasteiger partial charge in [0.1, 0.15) is 0 Å². The Morgan fingerprint density at radius 3 is 2.63 bits per heavy atom. The predicted molar refractivity (Wildman–Crippen MR) is 66.0 cm³/mol. The van der Waals surface area contributed by atoms with Gasteiger partial charge < -0.3 is 15.8 Å². The predicted octanol–water partition coefficient (Wildman–Crippen LogP) is 2.81. The number of ether oxygens (including phenoxy) is 1. The van der Waals surface area contributed by atoms with Gasteiger partial charge in [0.05, 0.1) is 30.5 Å². The van der Waals surface area contributed by atoms with Gasteiger partial charge in [-0.25, -0.2) is 4.79 Å². The van der Waals surface area contributed by atoms with Crippen LogP contribution in [-0.4, -0.2) is 25.3 Å². The van der Waals surface area contributed by atoms with Crippen molar-refractivity contribution < 1.29 is 22.7 Å². The van der Waals surface area contributed by atoms with E-state index >= 15 is 0 Å². The van der Waals surface area contributed by atoms with Gasteiger partial charge in [-0.3, -0.25) is 0 Å². The van der Waals surface area contributed by atoms with Crippen molar-refractivity contribution in [3.63, 3.8) is 0 Å². The summed E-state index contributed by atoms with van der Waals surface area (Å²) in [5.41, 5.74) is 6.19. The minimum atomic E-state index is -4.26. The monoisotopic (exact) mass is 276 g/mol. The molecule has 1 rings (SSSR count). The molecule has 0 radical (unpaired) electrons. The van der Waals surface area contributed by atoms with Crippen LogP contribution in [0, 0.1) is 0 Å². The first-order valence-electron chi connectivity index (χ1n) is 5.54. The van der Waals surface area contributed by atoms with E-state index < -0.39 is 24.6 Å². The van der Waals surface area contributed by atoms with Crippen LogP contribution in [0.2, 0.25) is 0 Å². The maximum absolute atomic E-state index is 12.2. The second-order valence-corrected chi connectivity index (χ2v) is 4.12. The molecule has 19 heavy (non-hydrogen) atoms. The number of hydrogen-bond acceptors (Lipinski definition) is 4. The summed E-state index contributed by atoms with van der Waals surface area (Å²) in [5, 5.41) is 2.63. The maximum atomic E-state index is 12.2. The third kappa shape index (κ3) is 4.35. The van der Waals surface area contributed by atoms with Crippen molar-refractivity contribution in [1.82, 2.24) is 0 Å². The first-order chi connectivity index (χ1) is 8.74. The topological polar surface area (TPSA) is 64.3 Å². The van der Waals surface area contributed by atoms with Gasteiger partial charge in [-0.05, 0) is 19.1 Å². The Bertz CT molecular complexity index is 461. The lowest BCUT2D eigenvalue weighted by molar-refractivity contribution is -0.136. The number of nitrogen functional groups attached to an aromatic ring is 1. The van der Waals surface area contributed by atoms with Gasteiger partial charge in [-0.15, -0.1) is 0 Å². The fraction of sp³-hybridized carbons (Fsp3) is 0.417. The first-order valence-corrected chi connectivity index (χ1v) is 5.54. The molecular weight excluding hydrogens is 261 g/mol. The number of alkyl halides is 3. The van der Waals surface area contributed by atoms with E-state index in [0.29, 0.717) is 0 Å². The molecule has 0 aliphatic carbocycles. The van der Waals surface area contributed by atoms with Crippen LogP contribution in [0.1, 0.15) is 23.7 Å². The number of benzene rings is 1. The highest BCUT2D eigenvalue weighted by Gasteiger charge is 2.30. The van der Waals surface area contributed by atoms with Crippen LogP contribution < -0.4 is 11.1 Å². The Morgan fingerprint density at radius 1 is 1.47 bits per heavy atom. The molecule has 0 heterocycles. The van der Waals surface area contributed by atoms with Gasteiger partial charge >= 0.3 is 12.1 Å². The van der Waals surface area contributed by atoms with Gasteiger partial charge in [0.15, 0.2) is 0 Å². The van der Waals surface area contributed by atoms with Crippen molar-refractivity contribution in [3.8, 4) is 0 Å². The molecule has 7 heteroatoms. The summed E-state index contributed by atoms with van der Waals surface area (Å²) >= 11 is 0. The molecule has 0 amide bonds. The average molecular weight is 276 g/mol. The summed E-state index contributed by atoms with van der Waals surface area (Å²) in [7, 11) is 1.20. The van der Waals surface area contributed by atoms with Crippen molar-refractivity contribution in [3.05, 3.63) is 23.8 Å². The normalized spacial score (nSPS) is 12.9. The summed E-state index contributed by atoms with van der Waals surface area (Å²) in [6.45, 7) is 1.39. The van der Waals surface area contributed by atoms with E-state index in [0.717, 1.165) is 0 Å². The van der Waals surface area contributed by atoms with E-state index in [9.17, 15) is 18.0 Å². The number of carbonyl (C=O) groups excluding carboxylic acids is 1. The number of carbonyl (C=O) groups is 1. The van der Waals surface area contributed by atoms with Crippen LogP contribution in [0.25, 0.3) is 0 Å². The van der Waals surface area contributed by atoms with E-state index in [1.165, 1.54) is 32.2 Å². The first kappa shape index (κ1) is 15.1. The number of nitrogens with one attached hydrogen (secondary N) is 1.